The molecule has 0 spiro atoms. The molecule has 0 amide bonds. The molecule has 8 N–H and O–H groups in total. The molecule has 0 aromatic heterocycles. The minimum atomic E-state index is 0. The van der Waals surface area contributed by atoms with Gasteiger partial charge in [-0.3, -0.25) is 0 Å². The van der Waals surface area contributed by atoms with Crippen molar-refractivity contribution in [3.63, 3.8) is 0 Å². The average molecular weight is 249 g/mol. The Labute approximate surface area is 72.3 Å². The summed E-state index contributed by atoms with van der Waals surface area (Å²) in [7, 11) is 0. The first-order valence-electron chi connectivity index (χ1n) is 0. The summed E-state index contributed by atoms with van der Waals surface area (Å²) in [6.07, 6.45) is 0. The molecular formula is H8Co3O4. The molecule has 0 saturated carbocycles. The first-order chi connectivity index (χ1) is 0. The molecule has 4 nitrogen and oxygen atoms in total. The smallest absolute Gasteiger partial charge is 0 e. The second kappa shape index (κ2) is 161. The summed E-state index contributed by atoms with van der Waals surface area (Å²) in [5, 5.41) is 0. The van der Waals surface area contributed by atoms with E-state index in [0.29, 0.717) is 0 Å². The molecule has 59 valence electrons. The molecule has 7 heavy (non-hydrogen) atoms. The molecule has 0 fully saturated rings. The van der Waals surface area contributed by atoms with Crippen LogP contribution in [0.1, 0.15) is 0 Å². The van der Waals surface area contributed by atoms with E-state index >= 15 is 0 Å². The van der Waals surface area contributed by atoms with Crippen molar-refractivity contribution in [1.29, 1.82) is 0 Å². The summed E-state index contributed by atoms with van der Waals surface area (Å²) in [5.41, 5.74) is 0. The summed E-state index contributed by atoms with van der Waals surface area (Å²) < 4.78 is 0. The summed E-state index contributed by atoms with van der Waals surface area (Å²) in [4.78, 5) is 0. The van der Waals surface area contributed by atoms with Crippen molar-refractivity contribution in [2.75, 3.05) is 0 Å². The molecule has 0 rings (SSSR count). The predicted octanol–water partition coefficient (Wildman–Crippen LogP) is -3.31. The number of rotatable bonds is 0. The van der Waals surface area contributed by atoms with Gasteiger partial charge < -0.3 is 21.9 Å². The van der Waals surface area contributed by atoms with Crippen LogP contribution in [-0.4, -0.2) is 21.9 Å². The predicted molar refractivity (Wildman–Crippen MR) is 14.5 cm³/mol. The fraction of sp³-hybridized carbons (Fsp3) is 0. The van der Waals surface area contributed by atoms with Gasteiger partial charge in [-0.25, -0.2) is 0 Å². The standard InChI is InChI=1S/3Co.4H2O/h;;;4*1H2. The van der Waals surface area contributed by atoms with Gasteiger partial charge in [0.25, 0.3) is 0 Å². The van der Waals surface area contributed by atoms with Crippen LogP contribution in [0.3, 0.4) is 0 Å². The van der Waals surface area contributed by atoms with Crippen molar-refractivity contribution in [3.05, 3.63) is 0 Å². The monoisotopic (exact) mass is 249 g/mol. The van der Waals surface area contributed by atoms with Crippen LogP contribution < -0.4 is 0 Å². The van der Waals surface area contributed by atoms with Gasteiger partial charge in [-0.2, -0.15) is 0 Å². The summed E-state index contributed by atoms with van der Waals surface area (Å²) in [6, 6.07) is 0. The van der Waals surface area contributed by atoms with E-state index in [-0.39, 0.29) is 72.2 Å². The van der Waals surface area contributed by atoms with Gasteiger partial charge in [0.05, 0.1) is 0 Å². The fourth-order valence-electron chi connectivity index (χ4n) is 0. The Kier molecular flexibility index (Phi) is 5640. The largest absolute Gasteiger partial charge is 0.412 e. The molecule has 7 heteroatoms. The van der Waals surface area contributed by atoms with Crippen molar-refractivity contribution in [2.24, 2.45) is 0 Å². The summed E-state index contributed by atoms with van der Waals surface area (Å²) in [6.45, 7) is 0. The Morgan fingerprint density at radius 3 is 0.286 bits per heavy atom. The van der Waals surface area contributed by atoms with Crippen molar-refractivity contribution in [3.8, 4) is 0 Å². The van der Waals surface area contributed by atoms with E-state index < -0.39 is 0 Å². The van der Waals surface area contributed by atoms with E-state index in [2.05, 4.69) is 0 Å². The molecule has 0 atom stereocenters. The molecule has 0 aliphatic heterocycles. The van der Waals surface area contributed by atoms with Crippen LogP contribution in [0.25, 0.3) is 0 Å². The van der Waals surface area contributed by atoms with Gasteiger partial charge in [0.2, 0.25) is 0 Å². The Morgan fingerprint density at radius 2 is 0.286 bits per heavy atom. The third-order valence-corrected chi connectivity index (χ3v) is 0. The topological polar surface area (TPSA) is 126 Å². The van der Waals surface area contributed by atoms with Crippen LogP contribution in [0, 0.1) is 0 Å². The van der Waals surface area contributed by atoms with Crippen LogP contribution >= 0.6 is 0 Å². The van der Waals surface area contributed by atoms with E-state index in [0.717, 1.165) is 0 Å². The van der Waals surface area contributed by atoms with Crippen molar-refractivity contribution in [1.82, 2.24) is 0 Å². The van der Waals surface area contributed by atoms with Crippen LogP contribution in [0.15, 0.2) is 0 Å². The minimum absolute atomic E-state index is 0. The Hall–Kier alpha value is 1.36. The first kappa shape index (κ1) is 245. The van der Waals surface area contributed by atoms with Gasteiger partial charge >= 0.3 is 0 Å². The molecule has 0 aromatic rings. The molecule has 0 unspecified atom stereocenters. The zero-order valence-electron chi connectivity index (χ0n) is 3.00. The van der Waals surface area contributed by atoms with Crippen molar-refractivity contribution < 1.29 is 72.2 Å². The molecule has 0 heterocycles. The normalized spacial score (nSPS) is 0. The Morgan fingerprint density at radius 1 is 0.286 bits per heavy atom. The quantitative estimate of drug-likeness (QED) is 0.426. The fourth-order valence-corrected chi connectivity index (χ4v) is 0. The van der Waals surface area contributed by atoms with Crippen molar-refractivity contribution in [2.45, 2.75) is 0 Å². The van der Waals surface area contributed by atoms with Crippen LogP contribution in [0.2, 0.25) is 0 Å². The number of hydrogen-bond donors (Lipinski definition) is 0. The molecule has 0 aliphatic rings. The summed E-state index contributed by atoms with van der Waals surface area (Å²) >= 11 is 0. The van der Waals surface area contributed by atoms with E-state index in [1.807, 2.05) is 0 Å². The average Bonchev–Trinajstić information content (AvgIpc) is 0. The van der Waals surface area contributed by atoms with Crippen LogP contribution in [0.4, 0.5) is 0 Å². The van der Waals surface area contributed by atoms with Gasteiger partial charge in [-0.1, -0.05) is 0 Å². The van der Waals surface area contributed by atoms with E-state index in [4.69, 9.17) is 0 Å². The third kappa shape index (κ3) is 114. The molecular weight excluding hydrogens is 241 g/mol. The van der Waals surface area contributed by atoms with E-state index in [9.17, 15) is 0 Å². The Balaban J connectivity index is 0. The van der Waals surface area contributed by atoms with Gasteiger partial charge in [0.15, 0.2) is 0 Å². The SMILES string of the molecule is O.O.O.O.[Co].[Co].[Co]. The molecule has 0 aliphatic carbocycles. The van der Waals surface area contributed by atoms with Gasteiger partial charge in [-0.05, 0) is 0 Å². The Bertz CT molecular complexity index is 6.90. The maximum Gasteiger partial charge on any atom is 0 e. The second-order valence-corrected chi connectivity index (χ2v) is 0. The van der Waals surface area contributed by atoms with Crippen LogP contribution in [-0.2, 0) is 50.3 Å². The zero-order chi connectivity index (χ0) is 0. The van der Waals surface area contributed by atoms with Gasteiger partial charge in [-0.15, -0.1) is 0 Å². The van der Waals surface area contributed by atoms with Gasteiger partial charge in [0, 0.05) is 50.3 Å². The second-order valence-electron chi connectivity index (χ2n) is 0. The maximum atomic E-state index is 0. The maximum absolute atomic E-state index is 0. The number of hydrogen-bond acceptors (Lipinski definition) is 0. The molecule has 3 radical (unpaired) electrons. The van der Waals surface area contributed by atoms with Crippen molar-refractivity contribution >= 4 is 0 Å². The summed E-state index contributed by atoms with van der Waals surface area (Å²) in [5.74, 6) is 0. The van der Waals surface area contributed by atoms with Crippen LogP contribution in [0.5, 0.6) is 0 Å². The minimum Gasteiger partial charge on any atom is -0.412 e. The molecule has 0 aromatic carbocycles. The molecule has 0 bridgehead atoms. The van der Waals surface area contributed by atoms with Gasteiger partial charge in [0.1, 0.15) is 0 Å². The third-order valence-electron chi connectivity index (χ3n) is 0. The van der Waals surface area contributed by atoms with E-state index in [1.54, 1.807) is 0 Å². The zero-order valence-corrected chi connectivity index (χ0v) is 6.12. The molecule has 0 saturated heterocycles. The van der Waals surface area contributed by atoms with E-state index in [1.165, 1.54) is 0 Å². The first-order valence-corrected chi connectivity index (χ1v) is 0.